The van der Waals surface area contributed by atoms with E-state index in [1.54, 1.807) is 0 Å². The molecular formula is C31H54N2O3. The second kappa shape index (κ2) is 10.8. The number of carbonyl (C=O) groups is 1. The molecule has 0 radical (unpaired) electrons. The van der Waals surface area contributed by atoms with E-state index in [9.17, 15) is 9.90 Å². The van der Waals surface area contributed by atoms with Crippen molar-refractivity contribution in [3.63, 3.8) is 0 Å². The lowest BCUT2D eigenvalue weighted by Gasteiger charge is -2.62. The quantitative estimate of drug-likeness (QED) is 0.444. The Morgan fingerprint density at radius 1 is 1.08 bits per heavy atom. The lowest BCUT2D eigenvalue weighted by molar-refractivity contribution is -0.170. The number of esters is 1. The summed E-state index contributed by atoms with van der Waals surface area (Å²) in [5.74, 6) is 3.79. The molecule has 0 aromatic heterocycles. The third-order valence-electron chi connectivity index (χ3n) is 12.6. The summed E-state index contributed by atoms with van der Waals surface area (Å²) >= 11 is 0. The highest BCUT2D eigenvalue weighted by atomic mass is 16.5. The van der Waals surface area contributed by atoms with E-state index in [0.29, 0.717) is 41.5 Å². The Kier molecular flexibility index (Phi) is 8.12. The summed E-state index contributed by atoms with van der Waals surface area (Å²) in [6.45, 7) is 12.3. The average molecular weight is 503 g/mol. The Labute approximate surface area is 220 Å². The molecule has 1 saturated heterocycles. The molecule has 5 fully saturated rings. The predicted molar refractivity (Wildman–Crippen MR) is 144 cm³/mol. The number of fused-ring (bicyclic) bond motifs is 5. The van der Waals surface area contributed by atoms with E-state index in [0.717, 1.165) is 31.2 Å². The molecule has 10 unspecified atom stereocenters. The Morgan fingerprint density at radius 3 is 2.61 bits per heavy atom. The maximum Gasteiger partial charge on any atom is 0.305 e. The van der Waals surface area contributed by atoms with Gasteiger partial charge in [-0.25, -0.2) is 0 Å². The molecular weight excluding hydrogens is 448 g/mol. The van der Waals surface area contributed by atoms with Crippen LogP contribution in [0.5, 0.6) is 0 Å². The monoisotopic (exact) mass is 502 g/mol. The van der Waals surface area contributed by atoms with Gasteiger partial charge in [-0.3, -0.25) is 4.79 Å². The van der Waals surface area contributed by atoms with Crippen molar-refractivity contribution in [2.75, 3.05) is 33.3 Å². The molecule has 4 saturated carbocycles. The summed E-state index contributed by atoms with van der Waals surface area (Å²) in [7, 11) is 1.49. The van der Waals surface area contributed by atoms with Crippen LogP contribution in [-0.4, -0.2) is 61.4 Å². The number of likely N-dealkylation sites (tertiary alicyclic amines) is 1. The van der Waals surface area contributed by atoms with E-state index < -0.39 is 0 Å². The van der Waals surface area contributed by atoms with Gasteiger partial charge in [0.15, 0.2) is 0 Å². The second-order valence-electron chi connectivity index (χ2n) is 14.0. The summed E-state index contributed by atoms with van der Waals surface area (Å²) in [4.78, 5) is 14.4. The van der Waals surface area contributed by atoms with Crippen molar-refractivity contribution < 1.29 is 14.6 Å². The van der Waals surface area contributed by atoms with Crippen molar-refractivity contribution in [1.29, 1.82) is 0 Å². The van der Waals surface area contributed by atoms with Crippen LogP contribution < -0.4 is 5.32 Å². The van der Waals surface area contributed by atoms with Crippen LogP contribution in [0.2, 0.25) is 0 Å². The van der Waals surface area contributed by atoms with Crippen LogP contribution in [0.15, 0.2) is 0 Å². The molecule has 0 spiro atoms. The highest BCUT2D eigenvalue weighted by Gasteiger charge is 2.63. The number of nitrogens with zero attached hydrogens (tertiary/aromatic N) is 1. The number of ether oxygens (including phenoxy) is 1. The zero-order valence-electron chi connectivity index (χ0n) is 23.6. The Morgan fingerprint density at radius 2 is 1.86 bits per heavy atom. The van der Waals surface area contributed by atoms with Gasteiger partial charge in [-0.15, -0.1) is 0 Å². The first kappa shape index (κ1) is 26.9. The fourth-order valence-electron chi connectivity index (χ4n) is 10.4. The number of hydrogen-bond acceptors (Lipinski definition) is 5. The van der Waals surface area contributed by atoms with Gasteiger partial charge in [0, 0.05) is 25.6 Å². The molecule has 1 heterocycles. The van der Waals surface area contributed by atoms with Gasteiger partial charge in [-0.05, 0) is 130 Å². The van der Waals surface area contributed by atoms with E-state index >= 15 is 0 Å². The van der Waals surface area contributed by atoms with Gasteiger partial charge in [-0.2, -0.15) is 0 Å². The molecule has 5 aliphatic rings. The molecule has 36 heavy (non-hydrogen) atoms. The largest absolute Gasteiger partial charge is 0.469 e. The Bertz CT molecular complexity index is 769. The van der Waals surface area contributed by atoms with Gasteiger partial charge >= 0.3 is 5.97 Å². The molecule has 0 aromatic rings. The van der Waals surface area contributed by atoms with Gasteiger partial charge in [0.25, 0.3) is 0 Å². The summed E-state index contributed by atoms with van der Waals surface area (Å²) < 4.78 is 4.91. The number of aliphatic hydroxyl groups excluding tert-OH is 1. The maximum absolute atomic E-state index is 11.8. The number of carbonyl (C=O) groups excluding carboxylic acids is 1. The van der Waals surface area contributed by atoms with E-state index in [-0.39, 0.29) is 17.5 Å². The molecule has 4 aliphatic carbocycles. The van der Waals surface area contributed by atoms with Gasteiger partial charge in [-0.1, -0.05) is 20.8 Å². The summed E-state index contributed by atoms with van der Waals surface area (Å²) in [6, 6.07) is 0.688. The smallest absolute Gasteiger partial charge is 0.305 e. The van der Waals surface area contributed by atoms with Gasteiger partial charge in [0.05, 0.1) is 13.2 Å². The van der Waals surface area contributed by atoms with Crippen LogP contribution in [0.4, 0.5) is 0 Å². The van der Waals surface area contributed by atoms with Gasteiger partial charge in [0.1, 0.15) is 0 Å². The third kappa shape index (κ3) is 4.79. The van der Waals surface area contributed by atoms with Crippen molar-refractivity contribution in [2.24, 2.45) is 46.3 Å². The van der Waals surface area contributed by atoms with Gasteiger partial charge < -0.3 is 20.1 Å². The number of rotatable bonds is 8. The van der Waals surface area contributed by atoms with Crippen LogP contribution >= 0.6 is 0 Å². The van der Waals surface area contributed by atoms with Crippen LogP contribution in [0, 0.1) is 46.3 Å². The number of nitrogens with one attached hydrogen (secondary N) is 1. The summed E-state index contributed by atoms with van der Waals surface area (Å²) in [6.07, 6.45) is 14.1. The molecule has 5 nitrogen and oxygen atoms in total. The number of methoxy groups -OCH3 is 1. The molecule has 206 valence electrons. The average Bonchev–Trinajstić information content (AvgIpc) is 3.51. The molecule has 5 rings (SSSR count). The van der Waals surface area contributed by atoms with Crippen molar-refractivity contribution in [1.82, 2.24) is 10.2 Å². The minimum Gasteiger partial charge on any atom is -0.469 e. The summed E-state index contributed by atoms with van der Waals surface area (Å²) in [5, 5.41) is 15.7. The lowest BCUT2D eigenvalue weighted by atomic mass is 9.43. The number of aliphatic hydroxyl groups is 1. The lowest BCUT2D eigenvalue weighted by Crippen LogP contribution is -2.59. The van der Waals surface area contributed by atoms with Crippen molar-refractivity contribution in [3.8, 4) is 0 Å². The van der Waals surface area contributed by atoms with Crippen molar-refractivity contribution in [3.05, 3.63) is 0 Å². The first-order valence-electron chi connectivity index (χ1n) is 15.5. The van der Waals surface area contributed by atoms with E-state index in [2.05, 4.69) is 31.0 Å². The zero-order valence-corrected chi connectivity index (χ0v) is 23.6. The van der Waals surface area contributed by atoms with E-state index in [4.69, 9.17) is 4.74 Å². The molecule has 1 aliphatic heterocycles. The van der Waals surface area contributed by atoms with E-state index in [1.807, 2.05) is 0 Å². The fourth-order valence-corrected chi connectivity index (χ4v) is 10.4. The molecule has 5 heteroatoms. The summed E-state index contributed by atoms with van der Waals surface area (Å²) in [5.41, 5.74) is 0.404. The van der Waals surface area contributed by atoms with Gasteiger partial charge in [0.2, 0.25) is 0 Å². The standard InChI is InChI=1S/C31H54N2O3/c1-21(7-12-29(35)36-4)25-10-11-26-24-9-8-22-19-23(32-15-18-33-16-5-6-17-33)13-14-30(22,2)27(24)20-28(34)31(25,26)3/h21-28,32,34H,5-20H2,1-4H3. The molecule has 10 atom stereocenters. The van der Waals surface area contributed by atoms with Crippen LogP contribution in [0.1, 0.15) is 97.8 Å². The minimum atomic E-state index is -0.205. The third-order valence-corrected chi connectivity index (χ3v) is 12.6. The zero-order chi connectivity index (χ0) is 25.5. The molecule has 0 aromatic carbocycles. The second-order valence-corrected chi connectivity index (χ2v) is 14.0. The number of hydrogen-bond donors (Lipinski definition) is 2. The molecule has 2 N–H and O–H groups in total. The molecule has 0 bridgehead atoms. The van der Waals surface area contributed by atoms with Crippen LogP contribution in [0.3, 0.4) is 0 Å². The van der Waals surface area contributed by atoms with E-state index in [1.165, 1.54) is 84.5 Å². The first-order chi connectivity index (χ1) is 17.3. The Hall–Kier alpha value is -0.650. The highest BCUT2D eigenvalue weighted by Crippen LogP contribution is 2.68. The van der Waals surface area contributed by atoms with Crippen molar-refractivity contribution in [2.45, 2.75) is 110 Å². The van der Waals surface area contributed by atoms with Crippen LogP contribution in [-0.2, 0) is 9.53 Å². The first-order valence-corrected chi connectivity index (χ1v) is 15.5. The predicted octanol–water partition coefficient (Wildman–Crippen LogP) is 5.26. The van der Waals surface area contributed by atoms with Crippen molar-refractivity contribution >= 4 is 5.97 Å². The SMILES string of the molecule is COC(=O)CCC(C)C1CCC2C3CCC4CC(NCCN5CCCC5)CCC4(C)C3CC(O)C12C. The normalized spacial score (nSPS) is 45.5. The highest BCUT2D eigenvalue weighted by molar-refractivity contribution is 5.69. The Balaban J connectivity index is 1.21. The minimum absolute atomic E-state index is 0.00816. The maximum atomic E-state index is 11.8. The van der Waals surface area contributed by atoms with Crippen LogP contribution in [0.25, 0.3) is 0 Å². The fraction of sp³-hybridized carbons (Fsp3) is 0.968. The topological polar surface area (TPSA) is 61.8 Å². The molecule has 0 amide bonds.